The molecule has 2 rings (SSSR count). The lowest BCUT2D eigenvalue weighted by Gasteiger charge is -2.21. The van der Waals surface area contributed by atoms with Crippen LogP contribution in [0.25, 0.3) is 0 Å². The van der Waals surface area contributed by atoms with E-state index in [9.17, 15) is 4.79 Å². The number of benzene rings is 1. The number of anilines is 2. The Hall–Kier alpha value is -3.22. The van der Waals surface area contributed by atoms with E-state index in [0.29, 0.717) is 12.4 Å². The fourth-order valence-electron chi connectivity index (χ4n) is 3.86. The van der Waals surface area contributed by atoms with Gasteiger partial charge >= 0.3 is 0 Å². The number of carbonyl (C=O) groups excluding carboxylic acids is 1. The summed E-state index contributed by atoms with van der Waals surface area (Å²) < 4.78 is 0. The predicted octanol–water partition coefficient (Wildman–Crippen LogP) is 5.48. The van der Waals surface area contributed by atoms with Gasteiger partial charge in [0.05, 0.1) is 6.54 Å². The first-order chi connectivity index (χ1) is 15.8. The van der Waals surface area contributed by atoms with E-state index in [1.807, 2.05) is 52.8 Å². The maximum Gasteiger partial charge on any atom is 0.239 e. The van der Waals surface area contributed by atoms with Gasteiger partial charge < -0.3 is 11.1 Å². The fourth-order valence-corrected chi connectivity index (χ4v) is 3.86. The highest BCUT2D eigenvalue weighted by Crippen LogP contribution is 2.34. The SMILES string of the molecule is C=C/C=C(\C=C/C)C(C(=O)Nc1c(C)c(C)c(N)c(C)c1C)c1nnn(CCCCCC)n1. The van der Waals surface area contributed by atoms with Crippen LogP contribution in [0.15, 0.2) is 36.5 Å². The molecule has 0 bridgehead atoms. The summed E-state index contributed by atoms with van der Waals surface area (Å²) in [6.07, 6.45) is 11.7. The first-order valence-corrected chi connectivity index (χ1v) is 11.7. The summed E-state index contributed by atoms with van der Waals surface area (Å²) in [5.74, 6) is -0.574. The number of allylic oxidation sites excluding steroid dienone is 4. The first-order valence-electron chi connectivity index (χ1n) is 11.7. The summed E-state index contributed by atoms with van der Waals surface area (Å²) in [6.45, 7) is 16.5. The van der Waals surface area contributed by atoms with Crippen LogP contribution in [-0.2, 0) is 11.3 Å². The molecule has 0 fully saturated rings. The summed E-state index contributed by atoms with van der Waals surface area (Å²) in [4.78, 5) is 15.2. The van der Waals surface area contributed by atoms with Crippen LogP contribution in [0.2, 0.25) is 0 Å². The van der Waals surface area contributed by atoms with Gasteiger partial charge in [-0.1, -0.05) is 57.1 Å². The molecule has 1 aromatic carbocycles. The van der Waals surface area contributed by atoms with Crippen molar-refractivity contribution in [1.82, 2.24) is 20.2 Å². The number of hydrogen-bond donors (Lipinski definition) is 2. The number of rotatable bonds is 11. The van der Waals surface area contributed by atoms with Crippen LogP contribution in [-0.4, -0.2) is 26.1 Å². The van der Waals surface area contributed by atoms with E-state index in [0.717, 1.165) is 52.0 Å². The Morgan fingerprint density at radius 2 is 1.79 bits per heavy atom. The van der Waals surface area contributed by atoms with Crippen molar-refractivity contribution in [2.75, 3.05) is 11.1 Å². The molecule has 0 aliphatic carbocycles. The molecule has 0 aliphatic heterocycles. The largest absolute Gasteiger partial charge is 0.398 e. The van der Waals surface area contributed by atoms with Crippen molar-refractivity contribution < 1.29 is 4.79 Å². The number of aromatic nitrogens is 4. The lowest BCUT2D eigenvalue weighted by Crippen LogP contribution is -2.25. The third-order valence-corrected chi connectivity index (χ3v) is 6.13. The van der Waals surface area contributed by atoms with Gasteiger partial charge in [0.25, 0.3) is 0 Å². The molecule has 1 amide bonds. The minimum absolute atomic E-state index is 0.221. The molecule has 33 heavy (non-hydrogen) atoms. The van der Waals surface area contributed by atoms with Gasteiger partial charge in [-0.3, -0.25) is 4.79 Å². The summed E-state index contributed by atoms with van der Waals surface area (Å²) in [5.41, 5.74) is 12.4. The van der Waals surface area contributed by atoms with Crippen LogP contribution in [0.1, 0.15) is 73.5 Å². The normalized spacial score (nSPS) is 12.8. The van der Waals surface area contributed by atoms with Crippen LogP contribution >= 0.6 is 0 Å². The second kappa shape index (κ2) is 12.1. The summed E-state index contributed by atoms with van der Waals surface area (Å²) >= 11 is 0. The van der Waals surface area contributed by atoms with Crippen molar-refractivity contribution in [2.45, 2.75) is 79.7 Å². The Labute approximate surface area is 197 Å². The number of nitrogen functional groups attached to an aromatic ring is 1. The lowest BCUT2D eigenvalue weighted by atomic mass is 9.93. The predicted molar refractivity (Wildman–Crippen MR) is 136 cm³/mol. The maximum absolute atomic E-state index is 13.7. The number of amides is 1. The zero-order chi connectivity index (χ0) is 24.5. The van der Waals surface area contributed by atoms with Crippen molar-refractivity contribution in [3.05, 3.63) is 64.5 Å². The highest BCUT2D eigenvalue weighted by Gasteiger charge is 2.29. The van der Waals surface area contributed by atoms with Crippen LogP contribution < -0.4 is 11.1 Å². The average molecular weight is 451 g/mol. The van der Waals surface area contributed by atoms with Crippen LogP contribution in [0.5, 0.6) is 0 Å². The second-order valence-corrected chi connectivity index (χ2v) is 8.42. The number of nitrogens with one attached hydrogen (secondary N) is 1. The minimum Gasteiger partial charge on any atom is -0.398 e. The number of carbonyl (C=O) groups is 1. The number of nitrogens with zero attached hydrogens (tertiary/aromatic N) is 4. The molecule has 0 radical (unpaired) electrons. The number of unbranched alkanes of at least 4 members (excludes halogenated alkanes) is 3. The third kappa shape index (κ3) is 6.18. The van der Waals surface area contributed by atoms with E-state index in [-0.39, 0.29) is 5.91 Å². The molecule has 0 saturated carbocycles. The van der Waals surface area contributed by atoms with Crippen molar-refractivity contribution in [1.29, 1.82) is 0 Å². The van der Waals surface area contributed by atoms with E-state index < -0.39 is 5.92 Å². The number of nitrogens with two attached hydrogens (primary N) is 1. The average Bonchev–Trinajstić information content (AvgIpc) is 3.25. The molecule has 3 N–H and O–H groups in total. The highest BCUT2D eigenvalue weighted by molar-refractivity contribution is 5.99. The van der Waals surface area contributed by atoms with Crippen molar-refractivity contribution in [3.8, 4) is 0 Å². The van der Waals surface area contributed by atoms with E-state index >= 15 is 0 Å². The smallest absolute Gasteiger partial charge is 0.239 e. The standard InChI is InChI=1S/C26H38N6O/c1-8-11-12-13-16-32-30-25(29-31-32)22(21(14-9-2)15-10-3)26(33)28-24-19(6)17(4)23(27)18(5)20(24)7/h9-10,14-15,22H,2,8,11-13,16,27H2,1,3-7H3,(H,28,33)/b15-10-,21-14+. The fraction of sp³-hybridized carbons (Fsp3) is 0.462. The first kappa shape index (κ1) is 26.0. The molecule has 7 nitrogen and oxygen atoms in total. The Morgan fingerprint density at radius 3 is 2.36 bits per heavy atom. The van der Waals surface area contributed by atoms with Gasteiger partial charge in [-0.25, -0.2) is 0 Å². The number of aryl methyl sites for hydroxylation is 1. The van der Waals surface area contributed by atoms with E-state index in [1.165, 1.54) is 12.8 Å². The zero-order valence-corrected chi connectivity index (χ0v) is 20.9. The van der Waals surface area contributed by atoms with Gasteiger partial charge in [0, 0.05) is 11.4 Å². The summed E-state index contributed by atoms with van der Waals surface area (Å²) in [5, 5.41) is 16.1. The second-order valence-electron chi connectivity index (χ2n) is 8.42. The van der Waals surface area contributed by atoms with Crippen molar-refractivity contribution >= 4 is 17.3 Å². The van der Waals surface area contributed by atoms with Gasteiger partial charge in [-0.2, -0.15) is 4.80 Å². The third-order valence-electron chi connectivity index (χ3n) is 6.13. The molecule has 2 aromatic rings. The van der Waals surface area contributed by atoms with Crippen LogP contribution in [0.4, 0.5) is 11.4 Å². The Morgan fingerprint density at radius 1 is 1.12 bits per heavy atom. The Bertz CT molecular complexity index is 1020. The monoisotopic (exact) mass is 450 g/mol. The van der Waals surface area contributed by atoms with E-state index in [2.05, 4.69) is 34.2 Å². The highest BCUT2D eigenvalue weighted by atomic mass is 16.2. The van der Waals surface area contributed by atoms with Gasteiger partial charge in [-0.15, -0.1) is 10.2 Å². The summed E-state index contributed by atoms with van der Waals surface area (Å²) in [7, 11) is 0. The zero-order valence-electron chi connectivity index (χ0n) is 20.9. The van der Waals surface area contributed by atoms with Crippen molar-refractivity contribution in [3.63, 3.8) is 0 Å². The molecule has 178 valence electrons. The topological polar surface area (TPSA) is 98.7 Å². The quantitative estimate of drug-likeness (QED) is 0.268. The molecule has 0 aliphatic rings. The van der Waals surface area contributed by atoms with Crippen LogP contribution in [0, 0.1) is 27.7 Å². The number of hydrogen-bond acceptors (Lipinski definition) is 5. The Balaban J connectivity index is 2.44. The molecule has 1 aromatic heterocycles. The molecule has 0 spiro atoms. The van der Waals surface area contributed by atoms with Gasteiger partial charge in [0.15, 0.2) is 5.82 Å². The van der Waals surface area contributed by atoms with E-state index in [4.69, 9.17) is 5.73 Å². The van der Waals surface area contributed by atoms with Gasteiger partial charge in [0.1, 0.15) is 5.92 Å². The van der Waals surface area contributed by atoms with Crippen molar-refractivity contribution in [2.24, 2.45) is 0 Å². The Kier molecular flexibility index (Phi) is 9.57. The molecule has 1 unspecified atom stereocenters. The molecule has 1 atom stereocenters. The summed E-state index contributed by atoms with van der Waals surface area (Å²) in [6, 6.07) is 0. The maximum atomic E-state index is 13.7. The molecule has 7 heteroatoms. The van der Waals surface area contributed by atoms with Gasteiger partial charge in [-0.05, 0) is 74.1 Å². The molecular formula is C26H38N6O. The van der Waals surface area contributed by atoms with Crippen LogP contribution in [0.3, 0.4) is 0 Å². The molecule has 0 saturated heterocycles. The van der Waals surface area contributed by atoms with Gasteiger partial charge in [0.2, 0.25) is 5.91 Å². The van der Waals surface area contributed by atoms with E-state index in [1.54, 1.807) is 10.9 Å². The number of tetrazole rings is 1. The minimum atomic E-state index is -0.722. The lowest BCUT2D eigenvalue weighted by molar-refractivity contribution is -0.116. The molecular weight excluding hydrogens is 412 g/mol. The molecule has 1 heterocycles.